The summed E-state index contributed by atoms with van der Waals surface area (Å²) < 4.78 is 0. The summed E-state index contributed by atoms with van der Waals surface area (Å²) in [7, 11) is 2.17. The van der Waals surface area contributed by atoms with Crippen LogP contribution in [0.4, 0.5) is 0 Å². The van der Waals surface area contributed by atoms with Gasteiger partial charge >= 0.3 is 0 Å². The summed E-state index contributed by atoms with van der Waals surface area (Å²) in [4.78, 5) is 23.0. The van der Waals surface area contributed by atoms with Crippen LogP contribution in [-0.2, 0) is 4.79 Å². The van der Waals surface area contributed by atoms with Gasteiger partial charge in [-0.3, -0.25) is 9.69 Å². The number of hydrogen-bond donors (Lipinski definition) is 0. The highest BCUT2D eigenvalue weighted by Crippen LogP contribution is 2.26. The number of carbonyl (C=O) groups excluding carboxylic acids is 1. The van der Waals surface area contributed by atoms with Crippen LogP contribution < -0.4 is 0 Å². The van der Waals surface area contributed by atoms with Gasteiger partial charge in [0.1, 0.15) is 0 Å². The fourth-order valence-electron chi connectivity index (χ4n) is 8.46. The van der Waals surface area contributed by atoms with Crippen LogP contribution >= 0.6 is 0 Å². The first-order valence-corrected chi connectivity index (χ1v) is 26.1. The Morgan fingerprint density at radius 3 is 1.19 bits per heavy atom. The lowest BCUT2D eigenvalue weighted by Crippen LogP contribution is -2.50. The van der Waals surface area contributed by atoms with Crippen LogP contribution in [0.15, 0.2) is 11.6 Å². The highest BCUT2D eigenvalue weighted by Gasteiger charge is 2.21. The Labute approximate surface area is 359 Å². The predicted octanol–water partition coefficient (Wildman–Crippen LogP) is 14.6. The molecule has 0 unspecified atom stereocenters. The van der Waals surface area contributed by atoms with E-state index in [-0.39, 0.29) is 0 Å². The molecule has 1 saturated carbocycles. The molecule has 0 bridgehead atoms. The standard InChI is InChI=1S/C36H74N4O.C16H30/c1-5-8-11-14-17-20-23-26-38(27-24-21-18-15-12-9-6-2)31-32-39(28-25-22-19-16-13-10-7-3)35-36(41)40-33-29-37(4)30-34-40;1-2-3-4-5-6-7-8-9-10-11-13-16-14-12-15-16/h5-35H2,1-4H3;13H,2-12,14-15H2,1H3. The quantitative estimate of drug-likeness (QED) is 0.0458. The molecule has 0 N–H and O–H groups in total. The predicted molar refractivity (Wildman–Crippen MR) is 255 cm³/mol. The summed E-state index contributed by atoms with van der Waals surface area (Å²) in [6.07, 6.45) is 49.8. The number of carbonyl (C=O) groups is 1. The first kappa shape index (κ1) is 54.1. The largest absolute Gasteiger partial charge is 0.339 e. The van der Waals surface area contributed by atoms with E-state index in [1.807, 2.05) is 0 Å². The fraction of sp³-hybridized carbons (Fsp3) is 0.942. The molecule has 1 aliphatic carbocycles. The molecule has 0 aromatic heterocycles. The van der Waals surface area contributed by atoms with Crippen molar-refractivity contribution in [1.29, 1.82) is 0 Å². The van der Waals surface area contributed by atoms with E-state index in [0.717, 1.165) is 45.8 Å². The lowest BCUT2D eigenvalue weighted by molar-refractivity contribution is -0.134. The SMILES string of the molecule is CCCCCCCCCCCC=C1CCC1.CCCCCCCCCN(CCCCCCCCC)CCN(CCCCCCCCC)CC(=O)N1CCN(C)CC1. The maximum absolute atomic E-state index is 13.3. The minimum Gasteiger partial charge on any atom is -0.339 e. The van der Waals surface area contributed by atoms with E-state index in [2.05, 4.69) is 60.4 Å². The van der Waals surface area contributed by atoms with Gasteiger partial charge in [-0.25, -0.2) is 0 Å². The van der Waals surface area contributed by atoms with Gasteiger partial charge in [-0.05, 0) is 78.0 Å². The van der Waals surface area contributed by atoms with Gasteiger partial charge in [-0.2, -0.15) is 0 Å². The zero-order valence-corrected chi connectivity index (χ0v) is 39.9. The summed E-state index contributed by atoms with van der Waals surface area (Å²) in [5.74, 6) is 0.353. The van der Waals surface area contributed by atoms with Crippen molar-refractivity contribution in [2.24, 2.45) is 0 Å². The Balaban J connectivity index is 0.000000842. The molecule has 0 spiro atoms. The number of rotatable bonds is 39. The van der Waals surface area contributed by atoms with E-state index in [9.17, 15) is 4.79 Å². The molecular formula is C52H104N4O. The highest BCUT2D eigenvalue weighted by molar-refractivity contribution is 5.78. The van der Waals surface area contributed by atoms with Crippen molar-refractivity contribution in [3.8, 4) is 0 Å². The van der Waals surface area contributed by atoms with Crippen LogP contribution in [0.3, 0.4) is 0 Å². The maximum Gasteiger partial charge on any atom is 0.236 e. The number of nitrogens with zero attached hydrogens (tertiary/aromatic N) is 4. The monoisotopic (exact) mass is 801 g/mol. The molecule has 0 aromatic rings. The Kier molecular flexibility index (Phi) is 39.7. The molecule has 57 heavy (non-hydrogen) atoms. The lowest BCUT2D eigenvalue weighted by Gasteiger charge is -2.34. The number of amides is 1. The van der Waals surface area contributed by atoms with Crippen LogP contribution in [-0.4, -0.2) is 98.0 Å². The number of likely N-dealkylation sites (N-methyl/N-ethyl adjacent to an activating group) is 1. The third-order valence-electron chi connectivity index (χ3n) is 12.9. The van der Waals surface area contributed by atoms with Crippen molar-refractivity contribution < 1.29 is 4.79 Å². The molecule has 1 saturated heterocycles. The van der Waals surface area contributed by atoms with E-state index < -0.39 is 0 Å². The summed E-state index contributed by atoms with van der Waals surface area (Å²) in [5, 5.41) is 0. The smallest absolute Gasteiger partial charge is 0.236 e. The van der Waals surface area contributed by atoms with E-state index in [1.54, 1.807) is 5.57 Å². The lowest BCUT2D eigenvalue weighted by atomic mass is 9.91. The highest BCUT2D eigenvalue weighted by atomic mass is 16.2. The number of unbranched alkanes of at least 4 members (excludes halogenated alkanes) is 27. The second-order valence-corrected chi connectivity index (χ2v) is 18.5. The normalized spacial score (nSPS) is 14.6. The van der Waals surface area contributed by atoms with Gasteiger partial charge in [0.2, 0.25) is 5.91 Å². The zero-order valence-electron chi connectivity index (χ0n) is 39.9. The molecular weight excluding hydrogens is 697 g/mol. The third kappa shape index (κ3) is 34.5. The molecule has 338 valence electrons. The van der Waals surface area contributed by atoms with Crippen molar-refractivity contribution in [3.05, 3.63) is 11.6 Å². The Bertz CT molecular complexity index is 844. The van der Waals surface area contributed by atoms with Crippen molar-refractivity contribution >= 4 is 5.91 Å². The van der Waals surface area contributed by atoms with E-state index in [1.165, 1.54) is 231 Å². The Morgan fingerprint density at radius 1 is 0.456 bits per heavy atom. The second kappa shape index (κ2) is 41.8. The van der Waals surface area contributed by atoms with Crippen LogP contribution in [0.25, 0.3) is 0 Å². The molecule has 1 amide bonds. The topological polar surface area (TPSA) is 30.0 Å². The van der Waals surface area contributed by atoms with Crippen LogP contribution in [0, 0.1) is 0 Å². The van der Waals surface area contributed by atoms with E-state index in [0.29, 0.717) is 12.5 Å². The molecule has 2 aliphatic rings. The number of hydrogen-bond acceptors (Lipinski definition) is 4. The first-order valence-electron chi connectivity index (χ1n) is 26.1. The first-order chi connectivity index (χ1) is 28.0. The van der Waals surface area contributed by atoms with Gasteiger partial charge < -0.3 is 14.7 Å². The number of allylic oxidation sites excluding steroid dienone is 2. The van der Waals surface area contributed by atoms with Crippen LogP contribution in [0.1, 0.15) is 246 Å². The molecule has 0 aromatic carbocycles. The molecule has 5 heteroatoms. The Morgan fingerprint density at radius 2 is 0.807 bits per heavy atom. The van der Waals surface area contributed by atoms with Crippen LogP contribution in [0.2, 0.25) is 0 Å². The molecule has 2 rings (SSSR count). The van der Waals surface area contributed by atoms with Gasteiger partial charge in [-0.15, -0.1) is 0 Å². The molecule has 0 atom stereocenters. The van der Waals surface area contributed by atoms with E-state index >= 15 is 0 Å². The van der Waals surface area contributed by atoms with E-state index in [4.69, 9.17) is 0 Å². The van der Waals surface area contributed by atoms with Crippen LogP contribution in [0.5, 0.6) is 0 Å². The maximum atomic E-state index is 13.3. The minimum absolute atomic E-state index is 0.353. The van der Waals surface area contributed by atoms with Crippen molar-refractivity contribution in [2.75, 3.05) is 72.5 Å². The molecule has 0 radical (unpaired) electrons. The average Bonchev–Trinajstić information content (AvgIpc) is 3.20. The molecule has 1 aliphatic heterocycles. The number of piperazine rings is 1. The summed E-state index contributed by atoms with van der Waals surface area (Å²) >= 11 is 0. The summed E-state index contributed by atoms with van der Waals surface area (Å²) in [6.45, 7) is 19.3. The molecule has 2 fully saturated rings. The summed E-state index contributed by atoms with van der Waals surface area (Å²) in [5.41, 5.74) is 1.74. The van der Waals surface area contributed by atoms with Crippen molar-refractivity contribution in [2.45, 2.75) is 246 Å². The zero-order chi connectivity index (χ0) is 41.3. The van der Waals surface area contributed by atoms with Gasteiger partial charge in [0.05, 0.1) is 6.54 Å². The van der Waals surface area contributed by atoms with Crippen molar-refractivity contribution in [1.82, 2.24) is 19.6 Å². The van der Waals surface area contributed by atoms with Gasteiger partial charge in [0.25, 0.3) is 0 Å². The van der Waals surface area contributed by atoms with Gasteiger partial charge in [0, 0.05) is 39.3 Å². The minimum atomic E-state index is 0.353. The third-order valence-corrected chi connectivity index (χ3v) is 12.9. The van der Waals surface area contributed by atoms with Crippen molar-refractivity contribution in [3.63, 3.8) is 0 Å². The van der Waals surface area contributed by atoms with Gasteiger partial charge in [-0.1, -0.05) is 206 Å². The fourth-order valence-corrected chi connectivity index (χ4v) is 8.46. The van der Waals surface area contributed by atoms with Gasteiger partial charge in [0.15, 0.2) is 0 Å². The average molecular weight is 801 g/mol. The molecule has 5 nitrogen and oxygen atoms in total. The molecule has 1 heterocycles. The Hall–Kier alpha value is -0.910. The second-order valence-electron chi connectivity index (χ2n) is 18.5. The summed E-state index contributed by atoms with van der Waals surface area (Å²) in [6, 6.07) is 0.